The second kappa shape index (κ2) is 7.15. The fourth-order valence-corrected chi connectivity index (χ4v) is 1.73. The van der Waals surface area contributed by atoms with E-state index in [1.165, 1.54) is 6.07 Å². The molecule has 0 amide bonds. The number of halogens is 3. The molecular weight excluding hydrogens is 269 g/mol. The summed E-state index contributed by atoms with van der Waals surface area (Å²) in [4.78, 5) is 0. The molecule has 0 aliphatic carbocycles. The summed E-state index contributed by atoms with van der Waals surface area (Å²) in [6.07, 6.45) is -2.86. The molecule has 110 valence electrons. The number of aliphatic hydroxyl groups excluding tert-OH is 1. The van der Waals surface area contributed by atoms with E-state index in [-0.39, 0.29) is 18.1 Å². The molecule has 1 aromatic carbocycles. The van der Waals surface area contributed by atoms with E-state index in [4.69, 9.17) is 10.4 Å². The lowest BCUT2D eigenvalue weighted by Crippen LogP contribution is -2.09. The van der Waals surface area contributed by atoms with Gasteiger partial charge in [0.25, 0.3) is 0 Å². The van der Waals surface area contributed by atoms with Gasteiger partial charge in [-0.25, -0.2) is 0 Å². The Bertz CT molecular complexity index is 480. The standard InChI is InChI=1S/C14H17F3N2O/c1-10(9-20)3-2-6-19-13-5-4-12(14(15,16)17)7-11(13)8-18/h4-5,7,10,19-20H,2-3,6,9H2,1H3. The summed E-state index contributed by atoms with van der Waals surface area (Å²) in [6, 6.07) is 4.84. The fourth-order valence-electron chi connectivity index (χ4n) is 1.73. The Balaban J connectivity index is 2.65. The largest absolute Gasteiger partial charge is 0.416 e. The van der Waals surface area contributed by atoms with E-state index in [0.717, 1.165) is 25.0 Å². The molecule has 0 aliphatic rings. The van der Waals surface area contributed by atoms with Crippen LogP contribution in [0.3, 0.4) is 0 Å². The van der Waals surface area contributed by atoms with Gasteiger partial charge in [-0.2, -0.15) is 18.4 Å². The zero-order valence-corrected chi connectivity index (χ0v) is 11.2. The van der Waals surface area contributed by atoms with Crippen LogP contribution in [0.25, 0.3) is 0 Å². The van der Waals surface area contributed by atoms with E-state index in [1.807, 2.05) is 6.92 Å². The van der Waals surface area contributed by atoms with Crippen LogP contribution in [0.5, 0.6) is 0 Å². The maximum Gasteiger partial charge on any atom is 0.416 e. The van der Waals surface area contributed by atoms with Crippen molar-refractivity contribution in [3.05, 3.63) is 29.3 Å². The van der Waals surface area contributed by atoms with Crippen LogP contribution in [0.15, 0.2) is 18.2 Å². The number of anilines is 1. The number of nitriles is 1. The Morgan fingerprint density at radius 1 is 1.40 bits per heavy atom. The molecule has 0 aromatic heterocycles. The average Bonchev–Trinajstić information content (AvgIpc) is 2.42. The van der Waals surface area contributed by atoms with E-state index in [9.17, 15) is 13.2 Å². The van der Waals surface area contributed by atoms with Gasteiger partial charge in [0.05, 0.1) is 16.8 Å². The molecule has 2 N–H and O–H groups in total. The number of benzene rings is 1. The van der Waals surface area contributed by atoms with Crippen LogP contribution in [0.2, 0.25) is 0 Å². The van der Waals surface area contributed by atoms with Gasteiger partial charge < -0.3 is 10.4 Å². The molecule has 6 heteroatoms. The molecule has 1 rings (SSSR count). The first-order valence-corrected chi connectivity index (χ1v) is 6.34. The molecule has 1 unspecified atom stereocenters. The lowest BCUT2D eigenvalue weighted by Gasteiger charge is -2.12. The van der Waals surface area contributed by atoms with E-state index < -0.39 is 11.7 Å². The molecule has 1 atom stereocenters. The highest BCUT2D eigenvalue weighted by Gasteiger charge is 2.30. The summed E-state index contributed by atoms with van der Waals surface area (Å²) in [5, 5.41) is 20.7. The average molecular weight is 286 g/mol. The number of hydrogen-bond acceptors (Lipinski definition) is 3. The quantitative estimate of drug-likeness (QED) is 0.788. The summed E-state index contributed by atoms with van der Waals surface area (Å²) in [6.45, 7) is 2.58. The zero-order valence-electron chi connectivity index (χ0n) is 11.2. The Morgan fingerprint density at radius 2 is 2.10 bits per heavy atom. The van der Waals surface area contributed by atoms with Gasteiger partial charge in [-0.15, -0.1) is 0 Å². The molecule has 0 fully saturated rings. The third kappa shape index (κ3) is 4.74. The fraction of sp³-hybridized carbons (Fsp3) is 0.500. The van der Waals surface area contributed by atoms with Crippen molar-refractivity contribution in [3.8, 4) is 6.07 Å². The van der Waals surface area contributed by atoms with Gasteiger partial charge in [0, 0.05) is 13.2 Å². The normalized spacial score (nSPS) is 12.8. The molecule has 3 nitrogen and oxygen atoms in total. The van der Waals surface area contributed by atoms with E-state index >= 15 is 0 Å². The van der Waals surface area contributed by atoms with E-state index in [0.29, 0.717) is 12.2 Å². The van der Waals surface area contributed by atoms with Crippen molar-refractivity contribution < 1.29 is 18.3 Å². The summed E-state index contributed by atoms with van der Waals surface area (Å²) >= 11 is 0. The van der Waals surface area contributed by atoms with Crippen LogP contribution >= 0.6 is 0 Å². The molecule has 1 aromatic rings. The summed E-state index contributed by atoms with van der Waals surface area (Å²) in [5.74, 6) is 0.194. The lowest BCUT2D eigenvalue weighted by molar-refractivity contribution is -0.137. The Morgan fingerprint density at radius 3 is 2.65 bits per heavy atom. The molecule has 0 bridgehead atoms. The lowest BCUT2D eigenvalue weighted by atomic mass is 10.1. The van der Waals surface area contributed by atoms with Gasteiger partial charge in [-0.1, -0.05) is 6.92 Å². The van der Waals surface area contributed by atoms with Crippen molar-refractivity contribution in [2.24, 2.45) is 5.92 Å². The van der Waals surface area contributed by atoms with Gasteiger partial charge in [0.15, 0.2) is 0 Å². The maximum atomic E-state index is 12.5. The number of nitrogens with one attached hydrogen (secondary N) is 1. The number of hydrogen-bond donors (Lipinski definition) is 2. The third-order valence-electron chi connectivity index (χ3n) is 2.97. The molecule has 0 radical (unpaired) electrons. The van der Waals surface area contributed by atoms with Crippen molar-refractivity contribution >= 4 is 5.69 Å². The molecule has 0 saturated heterocycles. The Kier molecular flexibility index (Phi) is 5.83. The van der Waals surface area contributed by atoms with Crippen LogP contribution in [-0.2, 0) is 6.18 Å². The molecule has 0 aliphatic heterocycles. The van der Waals surface area contributed by atoms with Gasteiger partial charge >= 0.3 is 6.18 Å². The third-order valence-corrected chi connectivity index (χ3v) is 2.97. The van der Waals surface area contributed by atoms with Gasteiger partial charge in [0.2, 0.25) is 0 Å². The molecule has 0 spiro atoms. The molecule has 0 saturated carbocycles. The summed E-state index contributed by atoms with van der Waals surface area (Å²) in [5.41, 5.74) is -0.444. The smallest absolute Gasteiger partial charge is 0.396 e. The Labute approximate surface area is 116 Å². The zero-order chi connectivity index (χ0) is 15.2. The van der Waals surface area contributed by atoms with Crippen molar-refractivity contribution in [2.75, 3.05) is 18.5 Å². The number of rotatable bonds is 6. The van der Waals surface area contributed by atoms with E-state index in [1.54, 1.807) is 6.07 Å². The van der Waals surface area contributed by atoms with Crippen LogP contribution in [0.1, 0.15) is 30.9 Å². The van der Waals surface area contributed by atoms with Crippen LogP contribution in [0.4, 0.5) is 18.9 Å². The number of nitrogens with zero attached hydrogens (tertiary/aromatic N) is 1. The summed E-state index contributed by atoms with van der Waals surface area (Å²) < 4.78 is 37.6. The predicted octanol–water partition coefficient (Wildman–Crippen LogP) is 3.40. The number of aliphatic hydroxyl groups is 1. The predicted molar refractivity (Wildman–Crippen MR) is 70.1 cm³/mol. The van der Waals surface area contributed by atoms with E-state index in [2.05, 4.69) is 5.32 Å². The summed E-state index contributed by atoms with van der Waals surface area (Å²) in [7, 11) is 0. The highest BCUT2D eigenvalue weighted by atomic mass is 19.4. The van der Waals surface area contributed by atoms with Gasteiger partial charge in [-0.3, -0.25) is 0 Å². The van der Waals surface area contributed by atoms with Crippen molar-refractivity contribution in [2.45, 2.75) is 25.9 Å². The minimum atomic E-state index is -4.44. The van der Waals surface area contributed by atoms with Gasteiger partial charge in [-0.05, 0) is 37.0 Å². The second-order valence-electron chi connectivity index (χ2n) is 4.73. The topological polar surface area (TPSA) is 56.0 Å². The Hall–Kier alpha value is -1.74. The highest BCUT2D eigenvalue weighted by Crippen LogP contribution is 2.31. The van der Waals surface area contributed by atoms with Crippen LogP contribution in [-0.4, -0.2) is 18.3 Å². The van der Waals surface area contributed by atoms with Crippen molar-refractivity contribution in [3.63, 3.8) is 0 Å². The van der Waals surface area contributed by atoms with Crippen LogP contribution < -0.4 is 5.32 Å². The number of alkyl halides is 3. The minimum Gasteiger partial charge on any atom is -0.396 e. The molecule has 0 heterocycles. The second-order valence-corrected chi connectivity index (χ2v) is 4.73. The van der Waals surface area contributed by atoms with Crippen molar-refractivity contribution in [1.29, 1.82) is 5.26 Å². The first kappa shape index (κ1) is 16.3. The van der Waals surface area contributed by atoms with Crippen molar-refractivity contribution in [1.82, 2.24) is 0 Å². The van der Waals surface area contributed by atoms with Gasteiger partial charge in [0.1, 0.15) is 6.07 Å². The first-order chi connectivity index (χ1) is 9.38. The first-order valence-electron chi connectivity index (χ1n) is 6.34. The highest BCUT2D eigenvalue weighted by molar-refractivity contribution is 5.58. The van der Waals surface area contributed by atoms with Crippen LogP contribution in [0, 0.1) is 17.2 Å². The maximum absolute atomic E-state index is 12.5. The minimum absolute atomic E-state index is 0.0185. The SMILES string of the molecule is CC(CO)CCCNc1ccc(C(F)(F)F)cc1C#N. The monoisotopic (exact) mass is 286 g/mol. The molecular formula is C14H17F3N2O. The molecule has 20 heavy (non-hydrogen) atoms.